The lowest BCUT2D eigenvalue weighted by atomic mass is 10.1. The Morgan fingerprint density at radius 3 is 3.00 bits per heavy atom. The van der Waals surface area contributed by atoms with E-state index in [2.05, 4.69) is 15.6 Å². The van der Waals surface area contributed by atoms with Crippen molar-refractivity contribution in [3.63, 3.8) is 0 Å². The van der Waals surface area contributed by atoms with Crippen molar-refractivity contribution in [3.8, 4) is 0 Å². The fourth-order valence-corrected chi connectivity index (χ4v) is 2.17. The summed E-state index contributed by atoms with van der Waals surface area (Å²) >= 11 is 0. The molecule has 1 aliphatic rings. The summed E-state index contributed by atoms with van der Waals surface area (Å²) in [6.07, 6.45) is 3.86. The minimum atomic E-state index is -0.396. The lowest BCUT2D eigenvalue weighted by Gasteiger charge is -2.06. The number of benzene rings is 1. The summed E-state index contributed by atoms with van der Waals surface area (Å²) in [4.78, 5) is 26.3. The number of fused-ring (bicyclic) bond motifs is 1. The van der Waals surface area contributed by atoms with E-state index in [0.717, 1.165) is 18.7 Å². The lowest BCUT2D eigenvalue weighted by Crippen LogP contribution is -2.20. The summed E-state index contributed by atoms with van der Waals surface area (Å²) in [5.74, 6) is -0.396. The number of amides is 1. The summed E-state index contributed by atoms with van der Waals surface area (Å²) in [5.41, 5.74) is 2.81. The van der Waals surface area contributed by atoms with Gasteiger partial charge in [0.15, 0.2) is 5.43 Å². The van der Waals surface area contributed by atoms with Crippen LogP contribution in [-0.2, 0) is 6.42 Å². The molecule has 2 heterocycles. The Morgan fingerprint density at radius 1 is 1.26 bits per heavy atom. The molecule has 0 unspecified atom stereocenters. The van der Waals surface area contributed by atoms with E-state index < -0.39 is 5.91 Å². The molecule has 0 spiro atoms. The molecule has 3 N–H and O–H groups in total. The van der Waals surface area contributed by atoms with Gasteiger partial charge in [0.25, 0.3) is 5.91 Å². The number of H-pyrrole nitrogens is 1. The highest BCUT2D eigenvalue weighted by molar-refractivity contribution is 6.04. The van der Waals surface area contributed by atoms with Crippen LogP contribution in [0.5, 0.6) is 0 Å². The van der Waals surface area contributed by atoms with Crippen LogP contribution in [0, 0.1) is 0 Å². The highest BCUT2D eigenvalue weighted by Gasteiger charge is 2.13. The average Bonchev–Trinajstić information content (AvgIpc) is 2.86. The first-order chi connectivity index (χ1) is 9.24. The summed E-state index contributed by atoms with van der Waals surface area (Å²) in [6.45, 7) is 0.922. The monoisotopic (exact) mass is 255 g/mol. The van der Waals surface area contributed by atoms with E-state index in [1.165, 1.54) is 24.0 Å². The molecule has 0 radical (unpaired) electrons. The number of pyridine rings is 1. The van der Waals surface area contributed by atoms with E-state index in [9.17, 15) is 9.59 Å². The fourth-order valence-electron chi connectivity index (χ4n) is 2.17. The molecule has 5 heteroatoms. The van der Waals surface area contributed by atoms with Gasteiger partial charge in [-0.25, -0.2) is 0 Å². The van der Waals surface area contributed by atoms with Crippen molar-refractivity contribution in [2.45, 2.75) is 6.42 Å². The van der Waals surface area contributed by atoms with Gasteiger partial charge in [-0.2, -0.15) is 0 Å². The third kappa shape index (κ3) is 2.22. The first kappa shape index (κ1) is 11.5. The maximum Gasteiger partial charge on any atom is 0.261 e. The molecule has 0 atom stereocenters. The highest BCUT2D eigenvalue weighted by Crippen LogP contribution is 2.25. The molecule has 1 aliphatic heterocycles. The standard InChI is InChI=1S/C14H13N3O2/c18-13-4-5-15-8-11(13)14(19)17-10-1-2-12-9(7-10)3-6-16-12/h1-2,4-5,7-8,16H,3,6H2,(H,15,18)(H,17,19). The molecule has 5 nitrogen and oxygen atoms in total. The normalized spacial score (nSPS) is 12.6. The molecule has 96 valence electrons. The first-order valence-electron chi connectivity index (χ1n) is 6.09. The lowest BCUT2D eigenvalue weighted by molar-refractivity contribution is 0.102. The Hall–Kier alpha value is -2.56. The first-order valence-corrected chi connectivity index (χ1v) is 6.09. The number of hydrogen-bond donors (Lipinski definition) is 3. The molecule has 1 aromatic heterocycles. The van der Waals surface area contributed by atoms with Crippen LogP contribution in [0.3, 0.4) is 0 Å². The van der Waals surface area contributed by atoms with Crippen LogP contribution in [0.15, 0.2) is 41.5 Å². The Bertz CT molecular complexity index is 691. The minimum absolute atomic E-state index is 0.112. The third-order valence-electron chi connectivity index (χ3n) is 3.14. The topological polar surface area (TPSA) is 74.0 Å². The average molecular weight is 255 g/mol. The molecule has 0 bridgehead atoms. The molecule has 1 aromatic carbocycles. The molecule has 0 fully saturated rings. The van der Waals surface area contributed by atoms with Gasteiger partial charge in [0, 0.05) is 36.4 Å². The van der Waals surface area contributed by atoms with E-state index in [1.54, 1.807) is 0 Å². The van der Waals surface area contributed by atoms with Gasteiger partial charge in [0.05, 0.1) is 0 Å². The van der Waals surface area contributed by atoms with Gasteiger partial charge in [0.1, 0.15) is 5.56 Å². The molecule has 19 heavy (non-hydrogen) atoms. The van der Waals surface area contributed by atoms with Crippen LogP contribution < -0.4 is 16.1 Å². The second-order valence-corrected chi connectivity index (χ2v) is 4.43. The van der Waals surface area contributed by atoms with Gasteiger partial charge < -0.3 is 15.6 Å². The van der Waals surface area contributed by atoms with Gasteiger partial charge in [-0.1, -0.05) is 0 Å². The quantitative estimate of drug-likeness (QED) is 0.763. The number of hydrogen-bond acceptors (Lipinski definition) is 3. The van der Waals surface area contributed by atoms with E-state index in [1.807, 2.05) is 18.2 Å². The zero-order chi connectivity index (χ0) is 13.2. The van der Waals surface area contributed by atoms with Crippen molar-refractivity contribution in [2.24, 2.45) is 0 Å². The number of nitrogens with one attached hydrogen (secondary N) is 3. The van der Waals surface area contributed by atoms with Crippen molar-refractivity contribution in [3.05, 3.63) is 58.0 Å². The molecule has 3 rings (SSSR count). The number of aromatic amines is 1. The molecule has 0 saturated heterocycles. The Labute approximate surface area is 109 Å². The fraction of sp³-hybridized carbons (Fsp3) is 0.143. The van der Waals surface area contributed by atoms with Gasteiger partial charge in [-0.3, -0.25) is 9.59 Å². The van der Waals surface area contributed by atoms with Crippen molar-refractivity contribution in [1.82, 2.24) is 4.98 Å². The van der Waals surface area contributed by atoms with Gasteiger partial charge >= 0.3 is 0 Å². The van der Waals surface area contributed by atoms with E-state index in [4.69, 9.17) is 0 Å². The predicted molar refractivity (Wildman–Crippen MR) is 73.7 cm³/mol. The van der Waals surface area contributed by atoms with E-state index in [0.29, 0.717) is 5.69 Å². The van der Waals surface area contributed by atoms with Crippen molar-refractivity contribution < 1.29 is 4.79 Å². The predicted octanol–water partition coefficient (Wildman–Crippen LogP) is 1.60. The Kier molecular flexibility index (Phi) is 2.79. The van der Waals surface area contributed by atoms with Crippen molar-refractivity contribution in [1.29, 1.82) is 0 Å². The number of carbonyl (C=O) groups excluding carboxylic acids is 1. The van der Waals surface area contributed by atoms with E-state index >= 15 is 0 Å². The molecular weight excluding hydrogens is 242 g/mol. The summed E-state index contributed by atoms with van der Waals surface area (Å²) in [5, 5.41) is 6.00. The zero-order valence-corrected chi connectivity index (χ0v) is 10.2. The maximum atomic E-state index is 12.0. The van der Waals surface area contributed by atoms with E-state index in [-0.39, 0.29) is 11.0 Å². The second kappa shape index (κ2) is 4.61. The molecule has 2 aromatic rings. The summed E-state index contributed by atoms with van der Waals surface area (Å²) in [7, 11) is 0. The van der Waals surface area contributed by atoms with Crippen LogP contribution in [0.2, 0.25) is 0 Å². The zero-order valence-electron chi connectivity index (χ0n) is 10.2. The summed E-state index contributed by atoms with van der Waals surface area (Å²) in [6, 6.07) is 7.03. The van der Waals surface area contributed by atoms with Crippen molar-refractivity contribution >= 4 is 17.3 Å². The van der Waals surface area contributed by atoms with Crippen LogP contribution in [0.25, 0.3) is 0 Å². The number of carbonyl (C=O) groups is 1. The Morgan fingerprint density at radius 2 is 2.16 bits per heavy atom. The molecule has 1 amide bonds. The Balaban J connectivity index is 1.84. The number of rotatable bonds is 2. The van der Waals surface area contributed by atoms with Gasteiger partial charge in [-0.15, -0.1) is 0 Å². The SMILES string of the molecule is O=C(Nc1ccc2c(c1)CCN2)c1c[nH]ccc1=O. The largest absolute Gasteiger partial charge is 0.384 e. The molecular formula is C14H13N3O2. The molecule has 0 saturated carbocycles. The van der Waals surface area contributed by atoms with Crippen LogP contribution in [-0.4, -0.2) is 17.4 Å². The van der Waals surface area contributed by atoms with Crippen LogP contribution >= 0.6 is 0 Å². The molecule has 0 aliphatic carbocycles. The number of anilines is 2. The smallest absolute Gasteiger partial charge is 0.261 e. The minimum Gasteiger partial charge on any atom is -0.384 e. The second-order valence-electron chi connectivity index (χ2n) is 4.43. The van der Waals surface area contributed by atoms with Crippen molar-refractivity contribution in [2.75, 3.05) is 17.2 Å². The number of aromatic nitrogens is 1. The van der Waals surface area contributed by atoms with Crippen LogP contribution in [0.1, 0.15) is 15.9 Å². The highest BCUT2D eigenvalue weighted by atomic mass is 16.2. The third-order valence-corrected chi connectivity index (χ3v) is 3.14. The summed E-state index contributed by atoms with van der Waals surface area (Å²) < 4.78 is 0. The van der Waals surface area contributed by atoms with Crippen LogP contribution in [0.4, 0.5) is 11.4 Å². The van der Waals surface area contributed by atoms with Gasteiger partial charge in [-0.05, 0) is 30.2 Å². The van der Waals surface area contributed by atoms with Gasteiger partial charge in [0.2, 0.25) is 0 Å². The maximum absolute atomic E-state index is 12.0.